The fourth-order valence-corrected chi connectivity index (χ4v) is 2.56. The Hall–Kier alpha value is -2.09. The van der Waals surface area contributed by atoms with Gasteiger partial charge in [0.2, 0.25) is 0 Å². The molecule has 18 heavy (non-hydrogen) atoms. The number of ketones is 1. The van der Waals surface area contributed by atoms with Crippen LogP contribution in [0.4, 0.5) is 0 Å². The monoisotopic (exact) mass is 238 g/mol. The summed E-state index contributed by atoms with van der Waals surface area (Å²) < 4.78 is 0. The van der Waals surface area contributed by atoms with Gasteiger partial charge in [-0.2, -0.15) is 0 Å². The van der Waals surface area contributed by atoms with E-state index in [-0.39, 0.29) is 11.5 Å². The molecule has 0 aliphatic heterocycles. The molecule has 90 valence electrons. The Morgan fingerprint density at radius 2 is 1.72 bits per heavy atom. The van der Waals surface area contributed by atoms with E-state index in [9.17, 15) is 9.90 Å². The number of phenolic OH excluding ortho intramolecular Hbond substituents is 1. The Bertz CT molecular complexity index is 642. The van der Waals surface area contributed by atoms with Crippen LogP contribution in [0.1, 0.15) is 32.6 Å². The molecule has 0 spiro atoms. The summed E-state index contributed by atoms with van der Waals surface area (Å²) in [5, 5.41) is 9.54. The number of hydrogen-bond donors (Lipinski definition) is 1. The molecule has 0 unspecified atom stereocenters. The zero-order valence-electron chi connectivity index (χ0n) is 10.2. The molecule has 0 atom stereocenters. The molecule has 0 bridgehead atoms. The summed E-state index contributed by atoms with van der Waals surface area (Å²) in [6.45, 7) is 2.04. The first-order valence-electron chi connectivity index (χ1n) is 6.11. The molecule has 0 aromatic heterocycles. The van der Waals surface area contributed by atoms with Crippen molar-refractivity contribution in [3.05, 3.63) is 64.2 Å². The highest BCUT2D eigenvalue weighted by molar-refractivity contribution is 6.11. The van der Waals surface area contributed by atoms with Crippen molar-refractivity contribution in [3.63, 3.8) is 0 Å². The SMILES string of the molecule is Cc1ccc2c(c1)CCc1ccc(O)cc1C2=O. The van der Waals surface area contributed by atoms with Crippen molar-refractivity contribution in [2.45, 2.75) is 19.8 Å². The van der Waals surface area contributed by atoms with Gasteiger partial charge in [0.1, 0.15) is 5.75 Å². The summed E-state index contributed by atoms with van der Waals surface area (Å²) in [6.07, 6.45) is 1.72. The van der Waals surface area contributed by atoms with Gasteiger partial charge in [-0.25, -0.2) is 0 Å². The van der Waals surface area contributed by atoms with Crippen LogP contribution in [0.5, 0.6) is 5.75 Å². The third-order valence-electron chi connectivity index (χ3n) is 3.51. The topological polar surface area (TPSA) is 37.3 Å². The van der Waals surface area contributed by atoms with Crippen molar-refractivity contribution in [1.82, 2.24) is 0 Å². The van der Waals surface area contributed by atoms with Crippen molar-refractivity contribution < 1.29 is 9.90 Å². The molecule has 0 amide bonds. The third kappa shape index (κ3) is 1.70. The molecule has 2 heteroatoms. The van der Waals surface area contributed by atoms with Crippen LogP contribution in [0.15, 0.2) is 36.4 Å². The fourth-order valence-electron chi connectivity index (χ4n) is 2.56. The zero-order valence-corrected chi connectivity index (χ0v) is 10.2. The second-order valence-corrected chi connectivity index (χ2v) is 4.83. The second-order valence-electron chi connectivity index (χ2n) is 4.83. The number of aromatic hydroxyl groups is 1. The van der Waals surface area contributed by atoms with E-state index in [1.165, 1.54) is 5.56 Å². The van der Waals surface area contributed by atoms with Gasteiger partial charge in [0.25, 0.3) is 0 Å². The molecule has 0 fully saturated rings. The minimum Gasteiger partial charge on any atom is -0.508 e. The summed E-state index contributed by atoms with van der Waals surface area (Å²) in [4.78, 5) is 12.5. The number of fused-ring (bicyclic) bond motifs is 2. The lowest BCUT2D eigenvalue weighted by Gasteiger charge is -2.06. The molecule has 1 N–H and O–H groups in total. The van der Waals surface area contributed by atoms with Gasteiger partial charge < -0.3 is 5.11 Å². The van der Waals surface area contributed by atoms with Gasteiger partial charge >= 0.3 is 0 Å². The van der Waals surface area contributed by atoms with Crippen LogP contribution >= 0.6 is 0 Å². The van der Waals surface area contributed by atoms with E-state index >= 15 is 0 Å². The molecule has 1 aliphatic rings. The Labute approximate surface area is 106 Å². The highest BCUT2D eigenvalue weighted by Gasteiger charge is 2.21. The molecule has 0 saturated heterocycles. The number of carbonyl (C=O) groups is 1. The van der Waals surface area contributed by atoms with Crippen molar-refractivity contribution in [2.24, 2.45) is 0 Å². The molecule has 0 saturated carbocycles. The first kappa shape index (κ1) is 11.0. The average Bonchev–Trinajstić information content (AvgIpc) is 2.48. The van der Waals surface area contributed by atoms with Crippen molar-refractivity contribution in [1.29, 1.82) is 0 Å². The first-order valence-corrected chi connectivity index (χ1v) is 6.11. The Kier molecular flexibility index (Phi) is 2.44. The molecule has 2 aromatic carbocycles. The summed E-state index contributed by atoms with van der Waals surface area (Å²) >= 11 is 0. The molecule has 3 rings (SSSR count). The van der Waals surface area contributed by atoms with Crippen LogP contribution in [-0.2, 0) is 12.8 Å². The number of aryl methyl sites for hydroxylation is 3. The van der Waals surface area contributed by atoms with Crippen LogP contribution in [0.3, 0.4) is 0 Å². The van der Waals surface area contributed by atoms with E-state index in [0.29, 0.717) is 5.56 Å². The van der Waals surface area contributed by atoms with Gasteiger partial charge in [0.15, 0.2) is 5.78 Å². The Morgan fingerprint density at radius 3 is 2.56 bits per heavy atom. The van der Waals surface area contributed by atoms with E-state index in [0.717, 1.165) is 29.5 Å². The minimum atomic E-state index is 0.0217. The summed E-state index contributed by atoms with van der Waals surface area (Å²) in [5.41, 5.74) is 4.71. The van der Waals surface area contributed by atoms with Crippen LogP contribution in [0.25, 0.3) is 0 Å². The smallest absolute Gasteiger partial charge is 0.193 e. The summed E-state index contributed by atoms with van der Waals surface area (Å²) in [7, 11) is 0. The average molecular weight is 238 g/mol. The predicted octanol–water partition coefficient (Wildman–Crippen LogP) is 3.03. The van der Waals surface area contributed by atoms with Gasteiger partial charge in [-0.05, 0) is 43.0 Å². The second kappa shape index (κ2) is 3.98. The lowest BCUT2D eigenvalue weighted by atomic mass is 9.97. The molecular weight excluding hydrogens is 224 g/mol. The predicted molar refractivity (Wildman–Crippen MR) is 70.1 cm³/mol. The van der Waals surface area contributed by atoms with Gasteiger partial charge in [-0.15, -0.1) is 0 Å². The molecule has 0 heterocycles. The molecule has 2 aromatic rings. The van der Waals surface area contributed by atoms with Gasteiger partial charge in [-0.3, -0.25) is 4.79 Å². The summed E-state index contributed by atoms with van der Waals surface area (Å²) in [5.74, 6) is 0.172. The number of hydrogen-bond acceptors (Lipinski definition) is 2. The first-order chi connectivity index (χ1) is 8.65. The lowest BCUT2D eigenvalue weighted by molar-refractivity contribution is 0.103. The maximum atomic E-state index is 12.5. The Balaban J connectivity index is 2.20. The van der Waals surface area contributed by atoms with E-state index in [4.69, 9.17) is 0 Å². The standard InChI is InChI=1S/C16H14O2/c1-10-2-7-14-12(8-10)4-3-11-5-6-13(17)9-15(11)16(14)18/h2,5-9,17H,3-4H2,1H3. The van der Waals surface area contributed by atoms with Gasteiger partial charge in [0.05, 0.1) is 0 Å². The van der Waals surface area contributed by atoms with Gasteiger partial charge in [-0.1, -0.05) is 29.8 Å². The Morgan fingerprint density at radius 1 is 0.944 bits per heavy atom. The van der Waals surface area contributed by atoms with Crippen molar-refractivity contribution in [3.8, 4) is 5.75 Å². The fraction of sp³-hybridized carbons (Fsp3) is 0.188. The summed E-state index contributed by atoms with van der Waals surface area (Å²) in [6, 6.07) is 11.0. The quantitative estimate of drug-likeness (QED) is 0.766. The third-order valence-corrected chi connectivity index (χ3v) is 3.51. The van der Waals surface area contributed by atoms with Crippen LogP contribution in [-0.4, -0.2) is 10.9 Å². The zero-order chi connectivity index (χ0) is 12.7. The van der Waals surface area contributed by atoms with E-state index in [1.807, 2.05) is 25.1 Å². The number of phenols is 1. The number of rotatable bonds is 0. The van der Waals surface area contributed by atoms with E-state index in [1.54, 1.807) is 12.1 Å². The minimum absolute atomic E-state index is 0.0217. The largest absolute Gasteiger partial charge is 0.508 e. The van der Waals surface area contributed by atoms with Crippen LogP contribution in [0, 0.1) is 6.92 Å². The maximum Gasteiger partial charge on any atom is 0.193 e. The number of carbonyl (C=O) groups excluding carboxylic acids is 1. The molecular formula is C16H14O2. The molecule has 2 nitrogen and oxygen atoms in total. The van der Waals surface area contributed by atoms with E-state index in [2.05, 4.69) is 6.07 Å². The maximum absolute atomic E-state index is 12.5. The normalized spacial score (nSPS) is 13.7. The highest BCUT2D eigenvalue weighted by atomic mass is 16.3. The molecule has 1 aliphatic carbocycles. The van der Waals surface area contributed by atoms with Gasteiger partial charge in [0, 0.05) is 11.1 Å². The lowest BCUT2D eigenvalue weighted by Crippen LogP contribution is -2.04. The van der Waals surface area contributed by atoms with Crippen molar-refractivity contribution >= 4 is 5.78 Å². The molecule has 0 radical (unpaired) electrons. The van der Waals surface area contributed by atoms with E-state index < -0.39 is 0 Å². The van der Waals surface area contributed by atoms with Crippen LogP contribution in [0.2, 0.25) is 0 Å². The van der Waals surface area contributed by atoms with Crippen LogP contribution < -0.4 is 0 Å². The number of benzene rings is 2. The highest BCUT2D eigenvalue weighted by Crippen LogP contribution is 2.27. The van der Waals surface area contributed by atoms with Crippen molar-refractivity contribution in [2.75, 3.05) is 0 Å².